The van der Waals surface area contributed by atoms with Crippen LogP contribution in [0.3, 0.4) is 0 Å². The zero-order chi connectivity index (χ0) is 13.9. The van der Waals surface area contributed by atoms with E-state index in [1.807, 2.05) is 0 Å². The molecule has 2 aliphatic rings. The quantitative estimate of drug-likeness (QED) is 0.761. The SMILES string of the molecule is CC(C)C[C@@H]1C[C@@H](c2ccccc2)C[C@H]2CCCCN21. The van der Waals surface area contributed by atoms with E-state index in [1.54, 1.807) is 5.56 Å². The maximum Gasteiger partial charge on any atom is 0.0106 e. The second-order valence-corrected chi connectivity index (χ2v) is 7.25. The Balaban J connectivity index is 1.78. The molecule has 3 rings (SSSR count). The van der Waals surface area contributed by atoms with Crippen LogP contribution < -0.4 is 0 Å². The van der Waals surface area contributed by atoms with E-state index in [-0.39, 0.29) is 0 Å². The molecule has 2 aliphatic heterocycles. The number of hydrogen-bond acceptors (Lipinski definition) is 1. The van der Waals surface area contributed by atoms with E-state index in [0.29, 0.717) is 0 Å². The molecule has 3 atom stereocenters. The summed E-state index contributed by atoms with van der Waals surface area (Å²) in [4.78, 5) is 2.86. The molecule has 1 heteroatoms. The fourth-order valence-corrected chi connectivity index (χ4v) is 4.42. The van der Waals surface area contributed by atoms with Gasteiger partial charge in [-0.15, -0.1) is 0 Å². The van der Waals surface area contributed by atoms with Crippen LogP contribution in [-0.2, 0) is 0 Å². The van der Waals surface area contributed by atoms with Gasteiger partial charge in [-0.2, -0.15) is 0 Å². The first-order chi connectivity index (χ1) is 9.74. The van der Waals surface area contributed by atoms with Crippen molar-refractivity contribution in [3.63, 3.8) is 0 Å². The van der Waals surface area contributed by atoms with Crippen molar-refractivity contribution in [2.24, 2.45) is 5.92 Å². The van der Waals surface area contributed by atoms with Crippen LogP contribution >= 0.6 is 0 Å². The molecular formula is C19H29N. The molecule has 0 aromatic heterocycles. The van der Waals surface area contributed by atoms with Crippen LogP contribution in [0.2, 0.25) is 0 Å². The summed E-state index contributed by atoms with van der Waals surface area (Å²) < 4.78 is 0. The number of hydrogen-bond donors (Lipinski definition) is 0. The summed E-state index contributed by atoms with van der Waals surface area (Å²) in [5.41, 5.74) is 1.58. The van der Waals surface area contributed by atoms with Crippen molar-refractivity contribution in [3.8, 4) is 0 Å². The molecule has 0 radical (unpaired) electrons. The topological polar surface area (TPSA) is 3.24 Å². The summed E-state index contributed by atoms with van der Waals surface area (Å²) in [5, 5.41) is 0. The summed E-state index contributed by atoms with van der Waals surface area (Å²) in [6.07, 6.45) is 8.42. The maximum atomic E-state index is 2.86. The Labute approximate surface area is 124 Å². The minimum Gasteiger partial charge on any atom is -0.297 e. The number of benzene rings is 1. The summed E-state index contributed by atoms with van der Waals surface area (Å²) in [6.45, 7) is 6.11. The van der Waals surface area contributed by atoms with Gasteiger partial charge in [-0.3, -0.25) is 4.90 Å². The predicted molar refractivity (Wildman–Crippen MR) is 86.0 cm³/mol. The largest absolute Gasteiger partial charge is 0.297 e. The van der Waals surface area contributed by atoms with Gasteiger partial charge in [0.1, 0.15) is 0 Å². The first kappa shape index (κ1) is 14.1. The Hall–Kier alpha value is -0.820. The molecule has 20 heavy (non-hydrogen) atoms. The Morgan fingerprint density at radius 1 is 1.10 bits per heavy atom. The lowest BCUT2D eigenvalue weighted by Gasteiger charge is -2.48. The molecule has 0 bridgehead atoms. The first-order valence-electron chi connectivity index (χ1n) is 8.54. The lowest BCUT2D eigenvalue weighted by Crippen LogP contribution is -2.51. The third-order valence-corrected chi connectivity index (χ3v) is 5.27. The van der Waals surface area contributed by atoms with Crippen LogP contribution in [0, 0.1) is 5.92 Å². The van der Waals surface area contributed by atoms with Crippen molar-refractivity contribution in [3.05, 3.63) is 35.9 Å². The number of rotatable bonds is 3. The smallest absolute Gasteiger partial charge is 0.0106 e. The highest BCUT2D eigenvalue weighted by Gasteiger charge is 2.37. The van der Waals surface area contributed by atoms with Gasteiger partial charge in [0.15, 0.2) is 0 Å². The van der Waals surface area contributed by atoms with E-state index in [1.165, 1.54) is 45.1 Å². The molecule has 2 fully saturated rings. The average molecular weight is 271 g/mol. The fraction of sp³-hybridized carbons (Fsp3) is 0.684. The van der Waals surface area contributed by atoms with Crippen LogP contribution in [0.4, 0.5) is 0 Å². The van der Waals surface area contributed by atoms with E-state index in [2.05, 4.69) is 49.1 Å². The molecule has 1 aromatic rings. The van der Waals surface area contributed by atoms with E-state index in [0.717, 1.165) is 23.9 Å². The first-order valence-corrected chi connectivity index (χ1v) is 8.54. The van der Waals surface area contributed by atoms with Crippen molar-refractivity contribution < 1.29 is 0 Å². The van der Waals surface area contributed by atoms with Crippen LogP contribution in [0.25, 0.3) is 0 Å². The Morgan fingerprint density at radius 2 is 1.90 bits per heavy atom. The minimum absolute atomic E-state index is 0.791. The number of piperidine rings is 2. The van der Waals surface area contributed by atoms with Crippen molar-refractivity contribution in [2.45, 2.75) is 70.4 Å². The van der Waals surface area contributed by atoms with Crippen LogP contribution in [-0.4, -0.2) is 23.5 Å². The van der Waals surface area contributed by atoms with E-state index in [4.69, 9.17) is 0 Å². The monoisotopic (exact) mass is 271 g/mol. The van der Waals surface area contributed by atoms with Crippen molar-refractivity contribution in [1.82, 2.24) is 4.90 Å². The van der Waals surface area contributed by atoms with E-state index >= 15 is 0 Å². The average Bonchev–Trinajstić information content (AvgIpc) is 2.47. The van der Waals surface area contributed by atoms with Crippen LogP contribution in [0.1, 0.15) is 63.9 Å². The van der Waals surface area contributed by atoms with Crippen LogP contribution in [0.5, 0.6) is 0 Å². The van der Waals surface area contributed by atoms with Crippen molar-refractivity contribution in [1.29, 1.82) is 0 Å². The highest BCUT2D eigenvalue weighted by atomic mass is 15.2. The predicted octanol–water partition coefficient (Wildman–Crippen LogP) is 4.83. The minimum atomic E-state index is 0.791. The van der Waals surface area contributed by atoms with E-state index in [9.17, 15) is 0 Å². The Kier molecular flexibility index (Phi) is 4.45. The molecule has 0 unspecified atom stereocenters. The summed E-state index contributed by atoms with van der Waals surface area (Å²) in [7, 11) is 0. The molecule has 2 saturated heterocycles. The van der Waals surface area contributed by atoms with Crippen molar-refractivity contribution in [2.75, 3.05) is 6.54 Å². The molecule has 110 valence electrons. The number of nitrogens with zero attached hydrogens (tertiary/aromatic N) is 1. The van der Waals surface area contributed by atoms with Gasteiger partial charge in [-0.25, -0.2) is 0 Å². The van der Waals surface area contributed by atoms with Gasteiger partial charge < -0.3 is 0 Å². The maximum absolute atomic E-state index is 2.86. The van der Waals surface area contributed by atoms with Gasteiger partial charge in [-0.1, -0.05) is 50.6 Å². The molecule has 0 saturated carbocycles. The zero-order valence-electron chi connectivity index (χ0n) is 13.1. The standard InChI is InChI=1S/C19H29N/c1-15(2)12-19-14-17(16-8-4-3-5-9-16)13-18-10-6-7-11-20(18)19/h3-5,8-9,15,17-19H,6-7,10-14H2,1-2H3/t17-,18+,19+/m0/s1. The lowest BCUT2D eigenvalue weighted by molar-refractivity contribution is 0.0323. The van der Waals surface area contributed by atoms with Crippen LogP contribution in [0.15, 0.2) is 30.3 Å². The Bertz CT molecular complexity index is 411. The second-order valence-electron chi connectivity index (χ2n) is 7.25. The van der Waals surface area contributed by atoms with Gasteiger partial charge in [-0.05, 0) is 56.0 Å². The van der Waals surface area contributed by atoms with Gasteiger partial charge in [0, 0.05) is 12.1 Å². The zero-order valence-corrected chi connectivity index (χ0v) is 13.1. The third kappa shape index (κ3) is 3.09. The van der Waals surface area contributed by atoms with Gasteiger partial charge in [0.2, 0.25) is 0 Å². The molecule has 0 aliphatic carbocycles. The normalized spacial score (nSPS) is 31.2. The summed E-state index contributed by atoms with van der Waals surface area (Å²) >= 11 is 0. The molecule has 1 nitrogen and oxygen atoms in total. The highest BCUT2D eigenvalue weighted by Crippen LogP contribution is 2.40. The highest BCUT2D eigenvalue weighted by molar-refractivity contribution is 5.21. The molecule has 0 N–H and O–H groups in total. The van der Waals surface area contributed by atoms with Crippen molar-refractivity contribution >= 4 is 0 Å². The van der Waals surface area contributed by atoms with Gasteiger partial charge in [0.25, 0.3) is 0 Å². The molecule has 0 spiro atoms. The number of fused-ring (bicyclic) bond motifs is 1. The molecule has 0 amide bonds. The fourth-order valence-electron chi connectivity index (χ4n) is 4.42. The lowest BCUT2D eigenvalue weighted by atomic mass is 9.77. The van der Waals surface area contributed by atoms with Gasteiger partial charge in [0.05, 0.1) is 0 Å². The van der Waals surface area contributed by atoms with E-state index < -0.39 is 0 Å². The summed E-state index contributed by atoms with van der Waals surface area (Å²) in [6, 6.07) is 12.9. The Morgan fingerprint density at radius 3 is 2.65 bits per heavy atom. The second kappa shape index (κ2) is 6.30. The third-order valence-electron chi connectivity index (χ3n) is 5.27. The summed E-state index contributed by atoms with van der Waals surface area (Å²) in [5.74, 6) is 1.61. The molecule has 1 aromatic carbocycles. The molecule has 2 heterocycles. The van der Waals surface area contributed by atoms with Gasteiger partial charge >= 0.3 is 0 Å². The molecular weight excluding hydrogens is 242 g/mol.